The molecule has 1 aromatic heterocycles. The fraction of sp³-hybridized carbons (Fsp3) is 0.267. The highest BCUT2D eigenvalue weighted by Gasteiger charge is 2.18. The minimum Gasteiger partial charge on any atom is -0.478 e. The summed E-state index contributed by atoms with van der Waals surface area (Å²) in [5, 5.41) is 16.4. The molecule has 0 unspecified atom stereocenters. The second-order valence-corrected chi connectivity index (χ2v) is 4.97. The molecule has 0 amide bonds. The quantitative estimate of drug-likeness (QED) is 0.444. The first-order valence-electron chi connectivity index (χ1n) is 7.17. The van der Waals surface area contributed by atoms with Gasteiger partial charge in [0.25, 0.3) is 0 Å². The molecule has 2 rings (SSSR count). The van der Waals surface area contributed by atoms with E-state index in [1.54, 1.807) is 4.57 Å². The topological polar surface area (TPSA) is 140 Å². The molecule has 0 aliphatic heterocycles. The summed E-state index contributed by atoms with van der Waals surface area (Å²) in [4.78, 5) is 16.9. The van der Waals surface area contributed by atoms with Crippen molar-refractivity contribution in [2.45, 2.75) is 26.1 Å². The predicted octanol–water partition coefficient (Wildman–Crippen LogP) is 4.05. The van der Waals surface area contributed by atoms with Crippen LogP contribution in [0.25, 0.3) is 20.9 Å². The fourth-order valence-corrected chi connectivity index (χ4v) is 2.50. The van der Waals surface area contributed by atoms with E-state index in [1.165, 1.54) is 6.07 Å². The first kappa shape index (κ1) is 17.0. The molecule has 2 aromatic rings. The summed E-state index contributed by atoms with van der Waals surface area (Å²) in [6, 6.07) is 11.2. The van der Waals surface area contributed by atoms with Crippen LogP contribution in [0.15, 0.2) is 46.6 Å². The van der Waals surface area contributed by atoms with Gasteiger partial charge in [0, 0.05) is 27.8 Å². The number of azide groups is 2. The maximum absolute atomic E-state index is 11.4. The highest BCUT2D eigenvalue weighted by molar-refractivity contribution is 5.89. The van der Waals surface area contributed by atoms with Gasteiger partial charge in [0.05, 0.1) is 18.7 Å². The molecule has 24 heavy (non-hydrogen) atoms. The van der Waals surface area contributed by atoms with E-state index in [2.05, 4.69) is 20.1 Å². The van der Waals surface area contributed by atoms with Gasteiger partial charge >= 0.3 is 5.97 Å². The highest BCUT2D eigenvalue weighted by atomic mass is 16.4. The lowest BCUT2D eigenvalue weighted by Crippen LogP contribution is -2.10. The zero-order valence-electron chi connectivity index (χ0n) is 12.8. The summed E-state index contributed by atoms with van der Waals surface area (Å²) in [6.45, 7) is 0.439. The number of hydrogen-bond donors (Lipinski definition) is 1. The Morgan fingerprint density at radius 3 is 2.42 bits per heavy atom. The molecule has 0 saturated heterocycles. The maximum atomic E-state index is 11.4. The standard InChI is InChI=1S/C15H15N7O2/c16-20-18-9-12-8-13(15(23)24)14(10-19-21-17)22(12)7-6-11-4-2-1-3-5-11/h1-5,8H,6-7,9-10H2,(H,23,24). The van der Waals surface area contributed by atoms with Gasteiger partial charge in [-0.05, 0) is 29.1 Å². The van der Waals surface area contributed by atoms with Crippen molar-refractivity contribution in [3.63, 3.8) is 0 Å². The van der Waals surface area contributed by atoms with Crippen LogP contribution >= 0.6 is 0 Å². The Labute approximate surface area is 137 Å². The number of nitrogens with zero attached hydrogens (tertiary/aromatic N) is 7. The second-order valence-electron chi connectivity index (χ2n) is 4.97. The minimum atomic E-state index is -1.11. The van der Waals surface area contributed by atoms with Gasteiger partial charge in [-0.2, -0.15) is 0 Å². The third-order valence-corrected chi connectivity index (χ3v) is 3.57. The predicted molar refractivity (Wildman–Crippen MR) is 87.2 cm³/mol. The summed E-state index contributed by atoms with van der Waals surface area (Å²) in [5.74, 6) is -1.11. The Morgan fingerprint density at radius 1 is 1.12 bits per heavy atom. The van der Waals surface area contributed by atoms with Crippen LogP contribution in [-0.4, -0.2) is 15.6 Å². The van der Waals surface area contributed by atoms with E-state index in [0.29, 0.717) is 24.4 Å². The Balaban J connectivity index is 2.40. The van der Waals surface area contributed by atoms with Crippen molar-refractivity contribution in [3.05, 3.63) is 79.8 Å². The molecule has 0 saturated carbocycles. The van der Waals surface area contributed by atoms with Crippen LogP contribution in [0, 0.1) is 0 Å². The summed E-state index contributed by atoms with van der Waals surface area (Å²) in [5.41, 5.74) is 19.2. The fourth-order valence-electron chi connectivity index (χ4n) is 2.50. The summed E-state index contributed by atoms with van der Waals surface area (Å²) < 4.78 is 1.75. The van der Waals surface area contributed by atoms with E-state index in [9.17, 15) is 9.90 Å². The molecule has 0 spiro atoms. The molecular formula is C15H15N7O2. The summed E-state index contributed by atoms with van der Waals surface area (Å²) in [7, 11) is 0. The number of aryl methyl sites for hydroxylation is 1. The molecule has 122 valence electrons. The van der Waals surface area contributed by atoms with E-state index in [-0.39, 0.29) is 18.7 Å². The number of carbonyl (C=O) groups is 1. The third-order valence-electron chi connectivity index (χ3n) is 3.57. The van der Waals surface area contributed by atoms with Gasteiger partial charge in [-0.25, -0.2) is 4.79 Å². The maximum Gasteiger partial charge on any atom is 0.337 e. The van der Waals surface area contributed by atoms with Gasteiger partial charge < -0.3 is 9.67 Å². The molecule has 1 heterocycles. The first-order chi connectivity index (χ1) is 11.7. The molecule has 9 heteroatoms. The monoisotopic (exact) mass is 325 g/mol. The van der Waals surface area contributed by atoms with Crippen LogP contribution in [0.1, 0.15) is 27.3 Å². The number of benzene rings is 1. The van der Waals surface area contributed by atoms with Crippen molar-refractivity contribution in [3.8, 4) is 0 Å². The van der Waals surface area contributed by atoms with Crippen molar-refractivity contribution in [2.75, 3.05) is 0 Å². The summed E-state index contributed by atoms with van der Waals surface area (Å²) >= 11 is 0. The molecule has 1 aromatic carbocycles. The van der Waals surface area contributed by atoms with Crippen molar-refractivity contribution < 1.29 is 9.90 Å². The molecule has 0 fully saturated rings. The van der Waals surface area contributed by atoms with Crippen LogP contribution < -0.4 is 0 Å². The Kier molecular flexibility index (Phi) is 5.85. The lowest BCUT2D eigenvalue weighted by atomic mass is 10.1. The normalized spacial score (nSPS) is 9.83. The number of rotatable bonds is 8. The molecule has 0 bridgehead atoms. The minimum absolute atomic E-state index is 0.0296. The van der Waals surface area contributed by atoms with Gasteiger partial charge in [0.1, 0.15) is 0 Å². The van der Waals surface area contributed by atoms with Gasteiger partial charge in [0.15, 0.2) is 0 Å². The van der Waals surface area contributed by atoms with Crippen LogP contribution in [0.2, 0.25) is 0 Å². The number of aromatic carboxylic acids is 1. The molecule has 9 nitrogen and oxygen atoms in total. The zero-order valence-corrected chi connectivity index (χ0v) is 12.8. The van der Waals surface area contributed by atoms with E-state index in [1.807, 2.05) is 30.3 Å². The number of carboxylic acid groups (broad SMARTS) is 1. The molecule has 0 atom stereocenters. The Morgan fingerprint density at radius 2 is 1.79 bits per heavy atom. The van der Waals surface area contributed by atoms with Crippen molar-refractivity contribution in [1.29, 1.82) is 0 Å². The van der Waals surface area contributed by atoms with Gasteiger partial charge in [-0.1, -0.05) is 40.6 Å². The molecule has 1 N–H and O–H groups in total. The first-order valence-corrected chi connectivity index (χ1v) is 7.17. The van der Waals surface area contributed by atoms with Crippen LogP contribution in [0.3, 0.4) is 0 Å². The van der Waals surface area contributed by atoms with Gasteiger partial charge in [-0.15, -0.1) is 0 Å². The largest absolute Gasteiger partial charge is 0.478 e. The Bertz CT molecular complexity index is 816. The van der Waals surface area contributed by atoms with E-state index >= 15 is 0 Å². The van der Waals surface area contributed by atoms with E-state index in [4.69, 9.17) is 11.1 Å². The van der Waals surface area contributed by atoms with Crippen molar-refractivity contribution in [1.82, 2.24) is 4.57 Å². The SMILES string of the molecule is [N-]=[N+]=NCc1cc(C(=O)O)c(CN=[N+]=[N-])n1CCc1ccccc1. The zero-order chi connectivity index (χ0) is 17.4. The average molecular weight is 325 g/mol. The highest BCUT2D eigenvalue weighted by Crippen LogP contribution is 2.20. The van der Waals surface area contributed by atoms with Crippen LogP contribution in [-0.2, 0) is 26.1 Å². The van der Waals surface area contributed by atoms with Crippen LogP contribution in [0.4, 0.5) is 0 Å². The van der Waals surface area contributed by atoms with E-state index in [0.717, 1.165) is 5.56 Å². The number of carboxylic acids is 1. The van der Waals surface area contributed by atoms with E-state index < -0.39 is 5.97 Å². The van der Waals surface area contributed by atoms with Gasteiger partial charge in [-0.3, -0.25) is 0 Å². The molecular weight excluding hydrogens is 310 g/mol. The third kappa shape index (κ3) is 4.07. The molecule has 0 aliphatic carbocycles. The van der Waals surface area contributed by atoms with Crippen LogP contribution in [0.5, 0.6) is 0 Å². The summed E-state index contributed by atoms with van der Waals surface area (Å²) in [6.07, 6.45) is 0.668. The second kappa shape index (κ2) is 8.28. The lowest BCUT2D eigenvalue weighted by Gasteiger charge is -2.12. The smallest absolute Gasteiger partial charge is 0.337 e. The lowest BCUT2D eigenvalue weighted by molar-refractivity contribution is 0.0695. The van der Waals surface area contributed by atoms with Crippen molar-refractivity contribution in [2.24, 2.45) is 10.2 Å². The number of hydrogen-bond acceptors (Lipinski definition) is 3. The number of aromatic nitrogens is 1. The van der Waals surface area contributed by atoms with Crippen molar-refractivity contribution >= 4 is 5.97 Å². The van der Waals surface area contributed by atoms with Gasteiger partial charge in [0.2, 0.25) is 0 Å². The Hall–Kier alpha value is -3.41. The molecule has 0 radical (unpaired) electrons. The molecule has 0 aliphatic rings. The average Bonchev–Trinajstić information content (AvgIpc) is 2.95.